The van der Waals surface area contributed by atoms with Crippen LogP contribution in [0.2, 0.25) is 0 Å². The number of fused-ring (bicyclic) bond motifs is 1. The van der Waals surface area contributed by atoms with Crippen molar-refractivity contribution < 1.29 is 4.52 Å². The second-order valence-corrected chi connectivity index (χ2v) is 5.10. The normalized spacial score (nSPS) is 14.1. The number of aryl methyl sites for hydroxylation is 1. The molecule has 0 atom stereocenters. The van der Waals surface area contributed by atoms with E-state index in [9.17, 15) is 0 Å². The molecule has 0 saturated heterocycles. The molecule has 0 amide bonds. The lowest BCUT2D eigenvalue weighted by atomic mass is 10.0. The van der Waals surface area contributed by atoms with Crippen LogP contribution < -0.4 is 0 Å². The Kier molecular flexibility index (Phi) is 2.62. The molecule has 2 heterocycles. The van der Waals surface area contributed by atoms with Gasteiger partial charge in [-0.3, -0.25) is 0 Å². The molecule has 2 aromatic rings. The standard InChI is InChI=1S/C13H10N2OS/c14-8-11-7-12(16-15-11)9-3-4-13-10(6-9)2-1-5-17-13/h3-4,6-7H,1-2,5H2. The molecule has 0 fully saturated rings. The highest BCUT2D eigenvalue weighted by atomic mass is 32.2. The Labute approximate surface area is 103 Å². The first-order valence-electron chi connectivity index (χ1n) is 5.50. The van der Waals surface area contributed by atoms with Gasteiger partial charge < -0.3 is 4.52 Å². The predicted octanol–water partition coefficient (Wildman–Crippen LogP) is 3.25. The quantitative estimate of drug-likeness (QED) is 0.770. The van der Waals surface area contributed by atoms with Gasteiger partial charge in [0.2, 0.25) is 0 Å². The molecule has 17 heavy (non-hydrogen) atoms. The zero-order chi connectivity index (χ0) is 11.7. The van der Waals surface area contributed by atoms with Crippen LogP contribution in [0.15, 0.2) is 33.7 Å². The first kappa shape index (κ1) is 10.4. The van der Waals surface area contributed by atoms with Crippen molar-refractivity contribution in [1.29, 1.82) is 5.26 Å². The summed E-state index contributed by atoms with van der Waals surface area (Å²) in [5.41, 5.74) is 2.70. The monoisotopic (exact) mass is 242 g/mol. The summed E-state index contributed by atoms with van der Waals surface area (Å²) in [6.45, 7) is 0. The minimum Gasteiger partial charge on any atom is -0.355 e. The van der Waals surface area contributed by atoms with Crippen LogP contribution in [0.4, 0.5) is 0 Å². The van der Waals surface area contributed by atoms with Gasteiger partial charge in [0.15, 0.2) is 11.5 Å². The van der Waals surface area contributed by atoms with Crippen molar-refractivity contribution >= 4 is 11.8 Å². The summed E-state index contributed by atoms with van der Waals surface area (Å²) in [7, 11) is 0. The van der Waals surface area contributed by atoms with E-state index in [1.807, 2.05) is 23.9 Å². The molecule has 0 radical (unpaired) electrons. The molecule has 1 aromatic carbocycles. The fraction of sp³-hybridized carbons (Fsp3) is 0.231. The third-order valence-corrected chi connectivity index (χ3v) is 4.02. The molecule has 0 saturated carbocycles. The number of benzene rings is 1. The van der Waals surface area contributed by atoms with Crippen LogP contribution in [0.25, 0.3) is 11.3 Å². The van der Waals surface area contributed by atoms with Gasteiger partial charge in [-0.25, -0.2) is 0 Å². The van der Waals surface area contributed by atoms with Crippen LogP contribution in [0.5, 0.6) is 0 Å². The van der Waals surface area contributed by atoms with Gasteiger partial charge in [-0.2, -0.15) is 5.26 Å². The van der Waals surface area contributed by atoms with Crippen molar-refractivity contribution in [1.82, 2.24) is 5.16 Å². The summed E-state index contributed by atoms with van der Waals surface area (Å²) in [6.07, 6.45) is 2.34. The molecule has 0 N–H and O–H groups in total. The van der Waals surface area contributed by atoms with Gasteiger partial charge >= 0.3 is 0 Å². The van der Waals surface area contributed by atoms with E-state index in [0.717, 1.165) is 12.0 Å². The lowest BCUT2D eigenvalue weighted by Gasteiger charge is -2.15. The van der Waals surface area contributed by atoms with Gasteiger partial charge in [0.05, 0.1) is 0 Å². The smallest absolute Gasteiger partial charge is 0.184 e. The molecule has 0 aliphatic carbocycles. The number of nitrogens with zero attached hydrogens (tertiary/aromatic N) is 2. The lowest BCUT2D eigenvalue weighted by Crippen LogP contribution is -1.98. The average Bonchev–Trinajstić information content (AvgIpc) is 2.87. The molecular formula is C13H10N2OS. The molecule has 0 spiro atoms. The Morgan fingerprint density at radius 3 is 3.12 bits per heavy atom. The highest BCUT2D eigenvalue weighted by molar-refractivity contribution is 7.99. The van der Waals surface area contributed by atoms with Crippen molar-refractivity contribution in [3.05, 3.63) is 35.5 Å². The highest BCUT2D eigenvalue weighted by Gasteiger charge is 2.12. The zero-order valence-electron chi connectivity index (χ0n) is 9.14. The maximum Gasteiger partial charge on any atom is 0.184 e. The lowest BCUT2D eigenvalue weighted by molar-refractivity contribution is 0.430. The Balaban J connectivity index is 2.01. The molecule has 1 aromatic heterocycles. The minimum absolute atomic E-state index is 0.326. The number of nitriles is 1. The summed E-state index contributed by atoms with van der Waals surface area (Å²) < 4.78 is 5.15. The Hall–Kier alpha value is -1.73. The van der Waals surface area contributed by atoms with E-state index in [1.165, 1.54) is 22.6 Å². The highest BCUT2D eigenvalue weighted by Crippen LogP contribution is 2.33. The van der Waals surface area contributed by atoms with Crippen LogP contribution in [-0.2, 0) is 6.42 Å². The van der Waals surface area contributed by atoms with E-state index in [-0.39, 0.29) is 0 Å². The van der Waals surface area contributed by atoms with Crippen molar-refractivity contribution in [3.8, 4) is 17.4 Å². The minimum atomic E-state index is 0.326. The molecule has 4 heteroatoms. The van der Waals surface area contributed by atoms with Gasteiger partial charge in [0.25, 0.3) is 0 Å². The molecular weight excluding hydrogens is 232 g/mol. The SMILES string of the molecule is N#Cc1cc(-c2ccc3c(c2)CCCS3)on1. The molecule has 1 aliphatic heterocycles. The van der Waals surface area contributed by atoms with E-state index in [2.05, 4.69) is 17.3 Å². The third-order valence-electron chi connectivity index (χ3n) is 2.82. The second kappa shape index (κ2) is 4.27. The van der Waals surface area contributed by atoms with E-state index >= 15 is 0 Å². The third kappa shape index (κ3) is 1.94. The summed E-state index contributed by atoms with van der Waals surface area (Å²) in [5, 5.41) is 12.4. The summed E-state index contributed by atoms with van der Waals surface area (Å²) >= 11 is 1.90. The van der Waals surface area contributed by atoms with Gasteiger partial charge in [0.1, 0.15) is 6.07 Å². The first-order valence-corrected chi connectivity index (χ1v) is 6.48. The van der Waals surface area contributed by atoms with Gasteiger partial charge in [-0.1, -0.05) is 11.2 Å². The van der Waals surface area contributed by atoms with Crippen molar-refractivity contribution in [2.24, 2.45) is 0 Å². The maximum absolute atomic E-state index is 8.71. The van der Waals surface area contributed by atoms with Crippen LogP contribution in [0.3, 0.4) is 0 Å². The summed E-state index contributed by atoms with van der Waals surface area (Å²) in [6, 6.07) is 9.95. The van der Waals surface area contributed by atoms with E-state index in [1.54, 1.807) is 6.07 Å². The molecule has 0 unspecified atom stereocenters. The number of hydrogen-bond acceptors (Lipinski definition) is 4. The first-order chi connectivity index (χ1) is 8.36. The molecule has 1 aliphatic rings. The Morgan fingerprint density at radius 2 is 2.29 bits per heavy atom. The largest absolute Gasteiger partial charge is 0.355 e. The van der Waals surface area contributed by atoms with E-state index in [0.29, 0.717) is 11.5 Å². The average molecular weight is 242 g/mol. The predicted molar refractivity (Wildman–Crippen MR) is 65.7 cm³/mol. The number of rotatable bonds is 1. The van der Waals surface area contributed by atoms with Crippen molar-refractivity contribution in [3.63, 3.8) is 0 Å². The Morgan fingerprint density at radius 1 is 1.35 bits per heavy atom. The molecule has 0 bridgehead atoms. The fourth-order valence-electron chi connectivity index (χ4n) is 1.98. The van der Waals surface area contributed by atoms with Crippen LogP contribution in [0, 0.1) is 11.3 Å². The number of thioether (sulfide) groups is 1. The maximum atomic E-state index is 8.71. The van der Waals surface area contributed by atoms with Crippen LogP contribution in [0.1, 0.15) is 17.7 Å². The van der Waals surface area contributed by atoms with Gasteiger partial charge in [-0.15, -0.1) is 11.8 Å². The zero-order valence-corrected chi connectivity index (χ0v) is 9.96. The number of aromatic nitrogens is 1. The molecule has 3 rings (SSSR count). The molecule has 3 nitrogen and oxygen atoms in total. The number of hydrogen-bond donors (Lipinski definition) is 0. The van der Waals surface area contributed by atoms with E-state index in [4.69, 9.17) is 9.78 Å². The van der Waals surface area contributed by atoms with Gasteiger partial charge in [0, 0.05) is 16.5 Å². The fourth-order valence-corrected chi connectivity index (χ4v) is 3.00. The van der Waals surface area contributed by atoms with Crippen LogP contribution in [-0.4, -0.2) is 10.9 Å². The van der Waals surface area contributed by atoms with Gasteiger partial charge in [-0.05, 0) is 36.3 Å². The summed E-state index contributed by atoms with van der Waals surface area (Å²) in [4.78, 5) is 1.36. The molecule has 84 valence electrons. The van der Waals surface area contributed by atoms with Crippen molar-refractivity contribution in [2.45, 2.75) is 17.7 Å². The topological polar surface area (TPSA) is 49.8 Å². The van der Waals surface area contributed by atoms with E-state index < -0.39 is 0 Å². The Bertz CT molecular complexity index is 598. The van der Waals surface area contributed by atoms with Crippen molar-refractivity contribution in [2.75, 3.05) is 5.75 Å². The summed E-state index contributed by atoms with van der Waals surface area (Å²) in [5.74, 6) is 1.87. The van der Waals surface area contributed by atoms with Crippen LogP contribution >= 0.6 is 11.8 Å². The second-order valence-electron chi connectivity index (χ2n) is 3.96.